The fourth-order valence-electron chi connectivity index (χ4n) is 3.56. The topological polar surface area (TPSA) is 68.8 Å². The summed E-state index contributed by atoms with van der Waals surface area (Å²) in [6, 6.07) is 15.9. The third-order valence-electron chi connectivity index (χ3n) is 5.10. The number of amides is 1. The lowest BCUT2D eigenvalue weighted by atomic mass is 10.1. The zero-order valence-corrected chi connectivity index (χ0v) is 16.7. The molecule has 0 spiro atoms. The molecule has 0 unspecified atom stereocenters. The quantitative estimate of drug-likeness (QED) is 0.493. The maximum Gasteiger partial charge on any atom is 0.272 e. The first-order valence-corrected chi connectivity index (χ1v) is 9.78. The van der Waals surface area contributed by atoms with Crippen molar-refractivity contribution in [3.63, 3.8) is 0 Å². The molecular formula is C20H17BrN6O. The van der Waals surface area contributed by atoms with Gasteiger partial charge in [-0.15, -0.1) is 5.10 Å². The number of hydrogen-bond donors (Lipinski definition) is 0. The molecule has 1 aliphatic heterocycles. The standard InChI is InChI=1S/C20H17BrN6O/c1-25-19(16-8-7-14(21)9-17(16)23-25)20(28)26-10-15(11-26)27-12-18(22-24-27)13-5-3-2-4-6-13/h2-9,12,15H,10-11H2,1H3. The molecule has 4 aromatic rings. The molecule has 0 radical (unpaired) electrons. The van der Waals surface area contributed by atoms with Crippen LogP contribution in [-0.2, 0) is 7.05 Å². The second kappa shape index (κ2) is 6.56. The van der Waals surface area contributed by atoms with E-state index in [2.05, 4.69) is 31.3 Å². The van der Waals surface area contributed by atoms with Gasteiger partial charge in [0.25, 0.3) is 5.91 Å². The van der Waals surface area contributed by atoms with Crippen molar-refractivity contribution in [1.29, 1.82) is 0 Å². The van der Waals surface area contributed by atoms with Gasteiger partial charge in [-0.3, -0.25) is 9.48 Å². The number of nitrogens with zero attached hydrogens (tertiary/aromatic N) is 6. The van der Waals surface area contributed by atoms with Crippen LogP contribution >= 0.6 is 15.9 Å². The van der Waals surface area contributed by atoms with Gasteiger partial charge in [0.1, 0.15) is 11.4 Å². The van der Waals surface area contributed by atoms with Crippen LogP contribution in [0.15, 0.2) is 59.2 Å². The normalized spacial score (nSPS) is 14.4. The number of aryl methyl sites for hydroxylation is 1. The highest BCUT2D eigenvalue weighted by Gasteiger charge is 2.35. The minimum atomic E-state index is -0.00743. The predicted molar refractivity (Wildman–Crippen MR) is 109 cm³/mol. The second-order valence-corrected chi connectivity index (χ2v) is 7.86. The molecule has 28 heavy (non-hydrogen) atoms. The Labute approximate surface area is 169 Å². The number of benzene rings is 2. The average Bonchev–Trinajstić information content (AvgIpc) is 3.25. The zero-order valence-electron chi connectivity index (χ0n) is 15.2. The summed E-state index contributed by atoms with van der Waals surface area (Å²) in [6.45, 7) is 1.22. The first-order valence-electron chi connectivity index (χ1n) is 8.99. The molecule has 0 aliphatic carbocycles. The number of carbonyl (C=O) groups excluding carboxylic acids is 1. The number of fused-ring (bicyclic) bond motifs is 1. The Balaban J connectivity index is 1.33. The van der Waals surface area contributed by atoms with E-state index in [1.807, 2.05) is 71.4 Å². The van der Waals surface area contributed by atoms with E-state index in [0.717, 1.165) is 26.6 Å². The summed E-state index contributed by atoms with van der Waals surface area (Å²) in [5.74, 6) is -0.00743. The molecule has 2 aromatic heterocycles. The summed E-state index contributed by atoms with van der Waals surface area (Å²) in [7, 11) is 1.81. The van der Waals surface area contributed by atoms with Gasteiger partial charge in [-0.1, -0.05) is 51.5 Å². The highest BCUT2D eigenvalue weighted by atomic mass is 79.9. The molecule has 1 aliphatic rings. The molecule has 0 bridgehead atoms. The summed E-state index contributed by atoms with van der Waals surface area (Å²) < 4.78 is 4.46. The van der Waals surface area contributed by atoms with E-state index in [1.54, 1.807) is 4.68 Å². The van der Waals surface area contributed by atoms with Gasteiger partial charge in [0.05, 0.1) is 17.8 Å². The number of aromatic nitrogens is 5. The molecule has 0 saturated carbocycles. The minimum absolute atomic E-state index is 0.00743. The first kappa shape index (κ1) is 17.1. The van der Waals surface area contributed by atoms with E-state index in [-0.39, 0.29) is 11.9 Å². The van der Waals surface area contributed by atoms with Crippen molar-refractivity contribution in [1.82, 2.24) is 29.7 Å². The van der Waals surface area contributed by atoms with Crippen LogP contribution in [0.3, 0.4) is 0 Å². The molecule has 1 fully saturated rings. The molecule has 140 valence electrons. The molecule has 0 atom stereocenters. The zero-order chi connectivity index (χ0) is 19.3. The maximum atomic E-state index is 13.0. The fraction of sp³-hybridized carbons (Fsp3) is 0.200. The lowest BCUT2D eigenvalue weighted by molar-refractivity contribution is 0.0489. The lowest BCUT2D eigenvalue weighted by Crippen LogP contribution is -2.51. The lowest BCUT2D eigenvalue weighted by Gasteiger charge is -2.38. The van der Waals surface area contributed by atoms with E-state index in [9.17, 15) is 4.79 Å². The smallest absolute Gasteiger partial charge is 0.272 e. The van der Waals surface area contributed by atoms with Crippen molar-refractivity contribution in [3.05, 3.63) is 64.9 Å². The van der Waals surface area contributed by atoms with Crippen molar-refractivity contribution in [2.24, 2.45) is 7.05 Å². The van der Waals surface area contributed by atoms with Crippen molar-refractivity contribution in [3.8, 4) is 11.3 Å². The van der Waals surface area contributed by atoms with E-state index in [4.69, 9.17) is 0 Å². The number of carbonyl (C=O) groups is 1. The van der Waals surface area contributed by atoms with Gasteiger partial charge in [-0.2, -0.15) is 5.10 Å². The monoisotopic (exact) mass is 436 g/mol. The first-order chi connectivity index (χ1) is 13.6. The number of halogens is 1. The Hall–Kier alpha value is -3.00. The van der Waals surface area contributed by atoms with Gasteiger partial charge in [0.2, 0.25) is 0 Å². The molecule has 5 rings (SSSR count). The van der Waals surface area contributed by atoms with Crippen LogP contribution in [0.25, 0.3) is 22.2 Å². The molecule has 1 saturated heterocycles. The van der Waals surface area contributed by atoms with Crippen LogP contribution in [-0.4, -0.2) is 48.7 Å². The Morgan fingerprint density at radius 1 is 1.14 bits per heavy atom. The third-order valence-corrected chi connectivity index (χ3v) is 5.60. The number of likely N-dealkylation sites (tertiary alicyclic amines) is 1. The average molecular weight is 437 g/mol. The summed E-state index contributed by atoms with van der Waals surface area (Å²) in [6.07, 6.45) is 1.94. The highest BCUT2D eigenvalue weighted by molar-refractivity contribution is 9.10. The Bertz CT molecular complexity index is 1180. The van der Waals surface area contributed by atoms with Gasteiger partial charge in [-0.25, -0.2) is 4.68 Å². The van der Waals surface area contributed by atoms with Gasteiger partial charge in [-0.05, 0) is 18.2 Å². The number of rotatable bonds is 3. The van der Waals surface area contributed by atoms with Gasteiger partial charge < -0.3 is 4.90 Å². The highest BCUT2D eigenvalue weighted by Crippen LogP contribution is 2.28. The Morgan fingerprint density at radius 3 is 2.71 bits per heavy atom. The maximum absolute atomic E-state index is 13.0. The minimum Gasteiger partial charge on any atom is -0.333 e. The van der Waals surface area contributed by atoms with E-state index < -0.39 is 0 Å². The molecular weight excluding hydrogens is 420 g/mol. The summed E-state index contributed by atoms with van der Waals surface area (Å²) in [5.41, 5.74) is 3.30. The van der Waals surface area contributed by atoms with Crippen LogP contribution < -0.4 is 0 Å². The van der Waals surface area contributed by atoms with Crippen molar-refractivity contribution >= 4 is 32.7 Å². The van der Waals surface area contributed by atoms with Gasteiger partial charge in [0.15, 0.2) is 0 Å². The van der Waals surface area contributed by atoms with E-state index >= 15 is 0 Å². The molecule has 8 heteroatoms. The summed E-state index contributed by atoms with van der Waals surface area (Å²) in [5, 5.41) is 13.8. The SMILES string of the molecule is Cn1nc2cc(Br)ccc2c1C(=O)N1CC(n2cc(-c3ccccc3)nn2)C1. The van der Waals surface area contributed by atoms with Crippen LogP contribution in [0.5, 0.6) is 0 Å². The second-order valence-electron chi connectivity index (χ2n) is 6.95. The number of hydrogen-bond acceptors (Lipinski definition) is 4. The summed E-state index contributed by atoms with van der Waals surface area (Å²) in [4.78, 5) is 14.8. The molecule has 3 heterocycles. The van der Waals surface area contributed by atoms with Crippen LogP contribution in [0.4, 0.5) is 0 Å². The Kier molecular flexibility index (Phi) is 4.01. The van der Waals surface area contributed by atoms with Crippen molar-refractivity contribution in [2.75, 3.05) is 13.1 Å². The van der Waals surface area contributed by atoms with Gasteiger partial charge >= 0.3 is 0 Å². The third kappa shape index (κ3) is 2.80. The van der Waals surface area contributed by atoms with Crippen LogP contribution in [0.1, 0.15) is 16.5 Å². The Morgan fingerprint density at radius 2 is 1.93 bits per heavy atom. The van der Waals surface area contributed by atoms with E-state index in [1.165, 1.54) is 0 Å². The van der Waals surface area contributed by atoms with Gasteiger partial charge in [0, 0.05) is 35.6 Å². The van der Waals surface area contributed by atoms with Crippen molar-refractivity contribution in [2.45, 2.75) is 6.04 Å². The molecule has 0 N–H and O–H groups in total. The molecule has 2 aromatic carbocycles. The largest absolute Gasteiger partial charge is 0.333 e. The van der Waals surface area contributed by atoms with Crippen LogP contribution in [0.2, 0.25) is 0 Å². The van der Waals surface area contributed by atoms with Crippen molar-refractivity contribution < 1.29 is 4.79 Å². The van der Waals surface area contributed by atoms with E-state index in [0.29, 0.717) is 18.8 Å². The van der Waals surface area contributed by atoms with Crippen LogP contribution in [0, 0.1) is 0 Å². The molecule has 7 nitrogen and oxygen atoms in total. The predicted octanol–water partition coefficient (Wildman–Crippen LogP) is 3.29. The fourth-order valence-corrected chi connectivity index (χ4v) is 3.91. The summed E-state index contributed by atoms with van der Waals surface area (Å²) >= 11 is 3.45. The molecule has 1 amide bonds.